The number of hydrogen-bond donors (Lipinski definition) is 2. The Bertz CT molecular complexity index is 530. The summed E-state index contributed by atoms with van der Waals surface area (Å²) in [6.45, 7) is 1.38. The van der Waals surface area contributed by atoms with Crippen LogP contribution in [0.5, 0.6) is 0 Å². The molecular formula is C11H14BrClN2O2S. The van der Waals surface area contributed by atoms with Gasteiger partial charge in [-0.25, -0.2) is 8.42 Å². The first kappa shape index (κ1) is 14.1. The number of nitrogens with one attached hydrogen (secondary N) is 2. The van der Waals surface area contributed by atoms with Crippen LogP contribution in [0.3, 0.4) is 0 Å². The lowest BCUT2D eigenvalue weighted by molar-refractivity contribution is 0.499. The summed E-state index contributed by atoms with van der Waals surface area (Å²) in [7, 11) is -3.35. The zero-order valence-electron chi connectivity index (χ0n) is 9.62. The average molecular weight is 354 g/mol. The Labute approximate surface area is 120 Å². The molecule has 0 aromatic heterocycles. The summed E-state index contributed by atoms with van der Waals surface area (Å²) in [5, 5.41) is 3.20. The Balaban J connectivity index is 2.13. The number of halogens is 2. The third-order valence-electron chi connectivity index (χ3n) is 2.87. The van der Waals surface area contributed by atoms with Crippen LogP contribution in [0.1, 0.15) is 12.8 Å². The molecule has 1 atom stereocenters. The number of piperidine rings is 1. The molecule has 2 N–H and O–H groups in total. The second-order valence-corrected chi connectivity index (χ2v) is 7.47. The summed E-state index contributed by atoms with van der Waals surface area (Å²) in [4.78, 5) is 0. The molecular weight excluding hydrogens is 340 g/mol. The number of sulfonamides is 1. The smallest absolute Gasteiger partial charge is 0.236 e. The zero-order chi connectivity index (χ0) is 13.2. The van der Waals surface area contributed by atoms with Crippen LogP contribution in [0.15, 0.2) is 22.7 Å². The number of benzene rings is 1. The van der Waals surface area contributed by atoms with Crippen molar-refractivity contribution in [3.63, 3.8) is 0 Å². The van der Waals surface area contributed by atoms with Crippen LogP contribution in [0.4, 0.5) is 5.69 Å². The fourth-order valence-corrected chi connectivity index (χ4v) is 3.76. The van der Waals surface area contributed by atoms with Crippen molar-refractivity contribution in [1.29, 1.82) is 0 Å². The van der Waals surface area contributed by atoms with E-state index in [4.69, 9.17) is 11.6 Å². The first-order valence-corrected chi connectivity index (χ1v) is 8.38. The van der Waals surface area contributed by atoms with E-state index in [1.165, 1.54) is 0 Å². The van der Waals surface area contributed by atoms with Crippen molar-refractivity contribution in [3.8, 4) is 0 Å². The lowest BCUT2D eigenvalue weighted by Crippen LogP contribution is -2.41. The highest BCUT2D eigenvalue weighted by Gasteiger charge is 2.27. The molecule has 0 amide bonds. The molecule has 1 unspecified atom stereocenters. The van der Waals surface area contributed by atoms with Crippen molar-refractivity contribution in [2.24, 2.45) is 0 Å². The van der Waals surface area contributed by atoms with E-state index in [1.807, 2.05) is 0 Å². The van der Waals surface area contributed by atoms with Crippen molar-refractivity contribution in [2.75, 3.05) is 17.8 Å². The summed E-state index contributed by atoms with van der Waals surface area (Å²) in [5.41, 5.74) is 0.494. The normalized spacial score (nSPS) is 20.7. The topological polar surface area (TPSA) is 58.2 Å². The zero-order valence-corrected chi connectivity index (χ0v) is 12.8. The van der Waals surface area contributed by atoms with Gasteiger partial charge in [-0.3, -0.25) is 4.72 Å². The second-order valence-electron chi connectivity index (χ2n) is 4.24. The van der Waals surface area contributed by atoms with E-state index in [-0.39, 0.29) is 5.25 Å². The molecule has 0 bridgehead atoms. The predicted octanol–water partition coefficient (Wildman–Crippen LogP) is 2.60. The van der Waals surface area contributed by atoms with Crippen LogP contribution in [-0.4, -0.2) is 26.8 Å². The summed E-state index contributed by atoms with van der Waals surface area (Å²) < 4.78 is 27.6. The molecule has 1 aliphatic rings. The molecule has 1 saturated heterocycles. The molecule has 100 valence electrons. The van der Waals surface area contributed by atoms with Gasteiger partial charge in [-0.1, -0.05) is 11.6 Å². The second kappa shape index (κ2) is 5.77. The lowest BCUT2D eigenvalue weighted by atomic mass is 10.2. The molecule has 0 saturated carbocycles. The first-order valence-electron chi connectivity index (χ1n) is 5.66. The predicted molar refractivity (Wildman–Crippen MR) is 77.6 cm³/mol. The molecule has 18 heavy (non-hydrogen) atoms. The molecule has 0 aliphatic carbocycles. The van der Waals surface area contributed by atoms with Gasteiger partial charge in [0.1, 0.15) is 0 Å². The van der Waals surface area contributed by atoms with Gasteiger partial charge in [0.25, 0.3) is 0 Å². The molecule has 2 rings (SSSR count). The summed E-state index contributed by atoms with van der Waals surface area (Å²) in [6.07, 6.45) is 1.57. The monoisotopic (exact) mass is 352 g/mol. The Kier molecular flexibility index (Phi) is 4.53. The van der Waals surface area contributed by atoms with Crippen LogP contribution in [0, 0.1) is 0 Å². The Morgan fingerprint density at radius 2 is 2.22 bits per heavy atom. The lowest BCUT2D eigenvalue weighted by Gasteiger charge is -2.23. The molecule has 1 aromatic rings. The SMILES string of the molecule is O=S(=O)(Nc1ccc(Br)c(Cl)c1)C1CCCNC1. The van der Waals surface area contributed by atoms with Gasteiger partial charge in [-0.15, -0.1) is 0 Å². The maximum atomic E-state index is 12.1. The third-order valence-corrected chi connectivity index (χ3v) is 5.90. The van der Waals surface area contributed by atoms with Crippen LogP contribution >= 0.6 is 27.5 Å². The van der Waals surface area contributed by atoms with Crippen molar-refractivity contribution in [2.45, 2.75) is 18.1 Å². The van der Waals surface area contributed by atoms with Gasteiger partial charge < -0.3 is 5.32 Å². The van der Waals surface area contributed by atoms with E-state index >= 15 is 0 Å². The summed E-state index contributed by atoms with van der Waals surface area (Å²) >= 11 is 9.20. The molecule has 1 heterocycles. The van der Waals surface area contributed by atoms with Gasteiger partial charge >= 0.3 is 0 Å². The van der Waals surface area contributed by atoms with Crippen molar-refractivity contribution in [1.82, 2.24) is 5.32 Å². The number of hydrogen-bond acceptors (Lipinski definition) is 3. The van der Waals surface area contributed by atoms with E-state index in [0.717, 1.165) is 17.4 Å². The van der Waals surface area contributed by atoms with Gasteiger partial charge in [0.05, 0.1) is 16.0 Å². The molecule has 4 nitrogen and oxygen atoms in total. The first-order chi connectivity index (χ1) is 8.49. The minimum atomic E-state index is -3.35. The Hall–Kier alpha value is -0.300. The molecule has 0 radical (unpaired) electrons. The maximum absolute atomic E-state index is 12.1. The molecule has 7 heteroatoms. The van der Waals surface area contributed by atoms with E-state index in [0.29, 0.717) is 23.7 Å². The summed E-state index contributed by atoms with van der Waals surface area (Å²) in [5.74, 6) is 0. The highest BCUT2D eigenvalue weighted by molar-refractivity contribution is 9.10. The minimum Gasteiger partial charge on any atom is -0.315 e. The highest BCUT2D eigenvalue weighted by Crippen LogP contribution is 2.26. The standard InChI is InChI=1S/C11H14BrClN2O2S/c12-10-4-3-8(6-11(10)13)15-18(16,17)9-2-1-5-14-7-9/h3-4,6,9,14-15H,1-2,5,7H2. The van der Waals surface area contributed by atoms with Crippen molar-refractivity contribution in [3.05, 3.63) is 27.7 Å². The highest BCUT2D eigenvalue weighted by atomic mass is 79.9. The van der Waals surface area contributed by atoms with E-state index < -0.39 is 10.0 Å². The van der Waals surface area contributed by atoms with Gasteiger partial charge in [-0.05, 0) is 53.5 Å². The Morgan fingerprint density at radius 3 is 2.83 bits per heavy atom. The fraction of sp³-hybridized carbons (Fsp3) is 0.455. The van der Waals surface area contributed by atoms with E-state index in [2.05, 4.69) is 26.0 Å². The Morgan fingerprint density at radius 1 is 1.44 bits per heavy atom. The van der Waals surface area contributed by atoms with Crippen LogP contribution in [0.2, 0.25) is 5.02 Å². The summed E-state index contributed by atoms with van der Waals surface area (Å²) in [6, 6.07) is 5.00. The van der Waals surface area contributed by atoms with E-state index in [1.54, 1.807) is 18.2 Å². The molecule has 1 aliphatic heterocycles. The fourth-order valence-electron chi connectivity index (χ4n) is 1.89. The quantitative estimate of drug-likeness (QED) is 0.878. The number of rotatable bonds is 3. The van der Waals surface area contributed by atoms with Crippen LogP contribution < -0.4 is 10.0 Å². The van der Waals surface area contributed by atoms with Gasteiger partial charge in [0, 0.05) is 11.0 Å². The van der Waals surface area contributed by atoms with Gasteiger partial charge in [0.15, 0.2) is 0 Å². The van der Waals surface area contributed by atoms with Crippen LogP contribution in [-0.2, 0) is 10.0 Å². The van der Waals surface area contributed by atoms with Crippen molar-refractivity contribution < 1.29 is 8.42 Å². The molecule has 1 fully saturated rings. The van der Waals surface area contributed by atoms with Crippen molar-refractivity contribution >= 4 is 43.2 Å². The third kappa shape index (κ3) is 3.38. The van der Waals surface area contributed by atoms with Crippen LogP contribution in [0.25, 0.3) is 0 Å². The maximum Gasteiger partial charge on any atom is 0.236 e. The minimum absolute atomic E-state index is 0.381. The average Bonchev–Trinajstić information content (AvgIpc) is 2.35. The largest absolute Gasteiger partial charge is 0.315 e. The molecule has 1 aromatic carbocycles. The molecule has 0 spiro atoms. The number of anilines is 1. The van der Waals surface area contributed by atoms with Gasteiger partial charge in [-0.2, -0.15) is 0 Å². The van der Waals surface area contributed by atoms with Gasteiger partial charge in [0.2, 0.25) is 10.0 Å². The van der Waals surface area contributed by atoms with E-state index in [9.17, 15) is 8.42 Å².